The van der Waals surface area contributed by atoms with Gasteiger partial charge in [0, 0.05) is 5.92 Å². The van der Waals surface area contributed by atoms with Gasteiger partial charge < -0.3 is 9.47 Å². The van der Waals surface area contributed by atoms with Crippen molar-refractivity contribution in [1.29, 1.82) is 0 Å². The monoisotopic (exact) mass is 324 g/mol. The maximum Gasteiger partial charge on any atom is 0.0675 e. The van der Waals surface area contributed by atoms with Gasteiger partial charge in [-0.1, -0.05) is 64.8 Å². The Hall–Kier alpha value is -0.600. The largest absolute Gasteiger partial charge is 0.374 e. The van der Waals surface area contributed by atoms with Gasteiger partial charge in [-0.25, -0.2) is 0 Å². The molecule has 0 amide bonds. The lowest BCUT2D eigenvalue weighted by Crippen LogP contribution is -2.46. The summed E-state index contributed by atoms with van der Waals surface area (Å²) < 4.78 is 12.2. The Morgan fingerprint density at radius 2 is 1.30 bits per heavy atom. The number of rotatable bonds is 12. The zero-order valence-electron chi connectivity index (χ0n) is 16.9. The first-order chi connectivity index (χ1) is 10.5. The van der Waals surface area contributed by atoms with Crippen molar-refractivity contribution in [2.75, 3.05) is 13.2 Å². The van der Waals surface area contributed by atoms with Crippen LogP contribution in [0.2, 0.25) is 0 Å². The molecule has 0 fully saturated rings. The molecule has 0 saturated carbocycles. The van der Waals surface area contributed by atoms with Crippen LogP contribution in [0, 0.1) is 17.3 Å². The van der Waals surface area contributed by atoms with E-state index in [-0.39, 0.29) is 17.6 Å². The third kappa shape index (κ3) is 7.67. The third-order valence-corrected chi connectivity index (χ3v) is 5.05. The van der Waals surface area contributed by atoms with Gasteiger partial charge in [0.25, 0.3) is 0 Å². The summed E-state index contributed by atoms with van der Waals surface area (Å²) in [7, 11) is 0. The van der Waals surface area contributed by atoms with Crippen molar-refractivity contribution in [2.24, 2.45) is 17.3 Å². The van der Waals surface area contributed by atoms with Gasteiger partial charge in [0.1, 0.15) is 0 Å². The van der Waals surface area contributed by atoms with Crippen LogP contribution in [0.1, 0.15) is 68.2 Å². The van der Waals surface area contributed by atoms with Crippen molar-refractivity contribution in [3.8, 4) is 0 Å². The van der Waals surface area contributed by atoms with Crippen molar-refractivity contribution in [1.82, 2.24) is 0 Å². The highest BCUT2D eigenvalue weighted by molar-refractivity contribution is 4.94. The van der Waals surface area contributed by atoms with Gasteiger partial charge in [0.15, 0.2) is 0 Å². The fraction of sp³-hybridized carbons (Fsp3) is 0.810. The highest BCUT2D eigenvalue weighted by atomic mass is 16.5. The summed E-state index contributed by atoms with van der Waals surface area (Å²) in [5, 5.41) is 0. The van der Waals surface area contributed by atoms with Crippen molar-refractivity contribution in [3.63, 3.8) is 0 Å². The lowest BCUT2D eigenvalue weighted by Gasteiger charge is -2.45. The van der Waals surface area contributed by atoms with Crippen molar-refractivity contribution in [2.45, 2.75) is 80.4 Å². The molecule has 136 valence electrons. The fourth-order valence-electron chi connectivity index (χ4n) is 3.48. The summed E-state index contributed by atoms with van der Waals surface area (Å²) in [5.74, 6) is 0.937. The summed E-state index contributed by atoms with van der Waals surface area (Å²) >= 11 is 0. The summed E-state index contributed by atoms with van der Waals surface area (Å²) in [6.07, 6.45) is 2.69. The van der Waals surface area contributed by atoms with Crippen LogP contribution in [-0.4, -0.2) is 25.4 Å². The topological polar surface area (TPSA) is 18.5 Å². The van der Waals surface area contributed by atoms with Crippen LogP contribution in [-0.2, 0) is 9.47 Å². The number of hydrogen-bond donors (Lipinski definition) is 0. The van der Waals surface area contributed by atoms with E-state index in [1.165, 1.54) is 12.8 Å². The number of hydrogen-bond acceptors (Lipinski definition) is 2. The van der Waals surface area contributed by atoms with Gasteiger partial charge in [-0.15, -0.1) is 0 Å². The second-order valence-corrected chi connectivity index (χ2v) is 7.98. The second-order valence-electron chi connectivity index (χ2n) is 7.98. The molecule has 0 radical (unpaired) electrons. The van der Waals surface area contributed by atoms with Crippen LogP contribution in [0.3, 0.4) is 0 Å². The zero-order valence-corrected chi connectivity index (χ0v) is 16.9. The van der Waals surface area contributed by atoms with E-state index in [0.717, 1.165) is 11.1 Å². The molecule has 2 heteroatoms. The Morgan fingerprint density at radius 3 is 1.61 bits per heavy atom. The summed E-state index contributed by atoms with van der Waals surface area (Å²) in [4.78, 5) is 0. The summed E-state index contributed by atoms with van der Waals surface area (Å²) in [5.41, 5.74) is 2.26. The highest BCUT2D eigenvalue weighted by Gasteiger charge is 2.41. The van der Waals surface area contributed by atoms with E-state index >= 15 is 0 Å². The molecular formula is C21H40O2. The Kier molecular flexibility index (Phi) is 10.0. The molecule has 0 aromatic carbocycles. The van der Waals surface area contributed by atoms with E-state index in [0.29, 0.717) is 25.0 Å². The first-order valence-corrected chi connectivity index (χ1v) is 9.05. The Labute approximate surface area is 145 Å². The van der Waals surface area contributed by atoms with Crippen LogP contribution in [0.4, 0.5) is 0 Å². The van der Waals surface area contributed by atoms with E-state index in [2.05, 4.69) is 54.7 Å². The van der Waals surface area contributed by atoms with E-state index in [9.17, 15) is 0 Å². The summed E-state index contributed by atoms with van der Waals surface area (Å²) in [6, 6.07) is 0. The van der Waals surface area contributed by atoms with Gasteiger partial charge in [0.2, 0.25) is 0 Å². The first kappa shape index (κ1) is 22.4. The molecule has 23 heavy (non-hydrogen) atoms. The van der Waals surface area contributed by atoms with Gasteiger partial charge in [0.05, 0.1) is 25.4 Å². The third-order valence-electron chi connectivity index (χ3n) is 5.05. The van der Waals surface area contributed by atoms with Crippen LogP contribution in [0.25, 0.3) is 0 Å². The maximum atomic E-state index is 6.11. The molecule has 0 spiro atoms. The van der Waals surface area contributed by atoms with Gasteiger partial charge in [-0.2, -0.15) is 0 Å². The quantitative estimate of drug-likeness (QED) is 0.408. The zero-order chi connectivity index (χ0) is 18.2. The van der Waals surface area contributed by atoms with E-state index < -0.39 is 0 Å². The molecule has 2 nitrogen and oxygen atoms in total. The van der Waals surface area contributed by atoms with E-state index in [1.807, 2.05) is 13.8 Å². The standard InChI is InChI=1S/C21H40O2/c1-11-12-17(6)21(9,10)20(18(7)22-13-15(2)3)19(8)23-14-16(4)5/h17-20H,2,4,11-14H2,1,3,5-10H3. The van der Waals surface area contributed by atoms with Crippen LogP contribution >= 0.6 is 0 Å². The molecule has 0 aromatic heterocycles. The minimum absolute atomic E-state index is 0.126. The van der Waals surface area contributed by atoms with Crippen LogP contribution in [0.5, 0.6) is 0 Å². The predicted octanol–water partition coefficient (Wildman–Crippen LogP) is 6.03. The van der Waals surface area contributed by atoms with Crippen molar-refractivity contribution in [3.05, 3.63) is 24.3 Å². The van der Waals surface area contributed by atoms with Crippen LogP contribution < -0.4 is 0 Å². The molecule has 0 aliphatic rings. The van der Waals surface area contributed by atoms with Crippen molar-refractivity contribution >= 4 is 0 Å². The molecule has 3 atom stereocenters. The molecule has 0 aromatic rings. The normalized spacial score (nSPS) is 17.4. The van der Waals surface area contributed by atoms with E-state index in [1.54, 1.807) is 0 Å². The average molecular weight is 325 g/mol. The van der Waals surface area contributed by atoms with Gasteiger partial charge in [-0.05, 0) is 39.0 Å². The minimum atomic E-state index is 0.126. The SMILES string of the molecule is C=C(C)COC(C)C(C(C)OCC(=C)C)C(C)(C)C(C)CCC. The Balaban J connectivity index is 5.24. The Bertz CT molecular complexity index is 346. The first-order valence-electron chi connectivity index (χ1n) is 9.05. The van der Waals surface area contributed by atoms with Gasteiger partial charge >= 0.3 is 0 Å². The van der Waals surface area contributed by atoms with Gasteiger partial charge in [-0.3, -0.25) is 0 Å². The molecular weight excluding hydrogens is 284 g/mol. The number of ether oxygens (including phenoxy) is 2. The van der Waals surface area contributed by atoms with Crippen molar-refractivity contribution < 1.29 is 9.47 Å². The lowest BCUT2D eigenvalue weighted by molar-refractivity contribution is -0.101. The summed E-state index contributed by atoms with van der Waals surface area (Å²) in [6.45, 7) is 26.8. The molecule has 0 aliphatic carbocycles. The molecule has 0 rings (SSSR count). The smallest absolute Gasteiger partial charge is 0.0675 e. The molecule has 0 bridgehead atoms. The van der Waals surface area contributed by atoms with Crippen LogP contribution in [0.15, 0.2) is 24.3 Å². The Morgan fingerprint density at radius 1 is 0.913 bits per heavy atom. The maximum absolute atomic E-state index is 6.11. The molecule has 3 unspecified atom stereocenters. The molecule has 0 aliphatic heterocycles. The fourth-order valence-corrected chi connectivity index (χ4v) is 3.48. The minimum Gasteiger partial charge on any atom is -0.374 e. The highest BCUT2D eigenvalue weighted by Crippen LogP contribution is 2.43. The average Bonchev–Trinajstić information content (AvgIpc) is 2.43. The molecule has 0 heterocycles. The second kappa shape index (κ2) is 10.3. The predicted molar refractivity (Wildman–Crippen MR) is 102 cm³/mol. The van der Waals surface area contributed by atoms with E-state index in [4.69, 9.17) is 9.47 Å². The lowest BCUT2D eigenvalue weighted by atomic mass is 9.65. The molecule has 0 N–H and O–H groups in total. The molecule has 0 saturated heterocycles.